The number of likely N-dealkylation sites (N-methyl/N-ethyl adjacent to an activating group) is 1. The summed E-state index contributed by atoms with van der Waals surface area (Å²) in [5.74, 6) is -0.0824. The number of aliphatic hydroxyl groups excluding tert-OH is 2. The zero-order chi connectivity index (χ0) is 24.4. The maximum atomic E-state index is 12.2. The summed E-state index contributed by atoms with van der Waals surface area (Å²) in [5, 5.41) is 34.4. The van der Waals surface area contributed by atoms with Gasteiger partial charge in [-0.05, 0) is 87.7 Å². The molecule has 3 heterocycles. The molecule has 4 fully saturated rings. The smallest absolute Gasteiger partial charge is 0.181 e. The molecule has 0 radical (unpaired) electrons. The molecule has 7 rings (SSSR count). The van der Waals surface area contributed by atoms with E-state index in [0.717, 1.165) is 36.8 Å². The summed E-state index contributed by atoms with van der Waals surface area (Å²) in [7, 11) is 3.91. The van der Waals surface area contributed by atoms with Gasteiger partial charge in [0.15, 0.2) is 12.0 Å². The topological polar surface area (TPSA) is 99.2 Å². The van der Waals surface area contributed by atoms with Crippen LogP contribution < -0.4 is 0 Å². The molecule has 188 valence electrons. The molecule has 2 aromatic rings. The first-order chi connectivity index (χ1) is 16.6. The molecule has 1 aromatic carbocycles. The van der Waals surface area contributed by atoms with Gasteiger partial charge in [-0.1, -0.05) is 19.1 Å². The van der Waals surface area contributed by atoms with Crippen molar-refractivity contribution in [3.8, 4) is 0 Å². The van der Waals surface area contributed by atoms with Gasteiger partial charge in [0.05, 0.1) is 23.4 Å². The molecule has 7 nitrogen and oxygen atoms in total. The largest absolute Gasteiger partial charge is 0.443 e. The highest BCUT2D eigenvalue weighted by Crippen LogP contribution is 2.71. The molecule has 1 aromatic heterocycles. The number of nitrogens with zero attached hydrogens (tertiary/aromatic N) is 2. The molecular formula is C28H36N2O5. The molecular weight excluding hydrogens is 444 g/mol. The van der Waals surface area contributed by atoms with E-state index in [1.165, 1.54) is 17.5 Å². The summed E-state index contributed by atoms with van der Waals surface area (Å²) in [6, 6.07) is 6.07. The van der Waals surface area contributed by atoms with Crippen LogP contribution in [-0.2, 0) is 4.74 Å². The monoisotopic (exact) mass is 480 g/mol. The molecule has 2 saturated heterocycles. The summed E-state index contributed by atoms with van der Waals surface area (Å²) < 4.78 is 12.7. The van der Waals surface area contributed by atoms with Crippen molar-refractivity contribution in [3.63, 3.8) is 0 Å². The number of fused-ring (bicyclic) bond motifs is 2. The number of hydrogen-bond acceptors (Lipinski definition) is 7. The average Bonchev–Trinajstić information content (AvgIpc) is 3.52. The van der Waals surface area contributed by atoms with Gasteiger partial charge in [-0.25, -0.2) is 4.98 Å². The Hall–Kier alpha value is -1.77. The fourth-order valence-electron chi connectivity index (χ4n) is 9.08. The highest BCUT2D eigenvalue weighted by atomic mass is 16.6. The van der Waals surface area contributed by atoms with E-state index >= 15 is 0 Å². The van der Waals surface area contributed by atoms with Crippen molar-refractivity contribution in [2.24, 2.45) is 17.3 Å². The van der Waals surface area contributed by atoms with Gasteiger partial charge in [0.1, 0.15) is 11.1 Å². The normalized spacial score (nSPS) is 48.5. The Labute approximate surface area is 205 Å². The minimum atomic E-state index is -0.993. The van der Waals surface area contributed by atoms with Crippen molar-refractivity contribution in [1.29, 1.82) is 0 Å². The molecule has 7 heteroatoms. The lowest BCUT2D eigenvalue weighted by Crippen LogP contribution is -2.73. The third-order valence-corrected chi connectivity index (χ3v) is 10.9. The van der Waals surface area contributed by atoms with E-state index < -0.39 is 29.0 Å². The number of ether oxygens (including phenoxy) is 1. The first-order valence-electron chi connectivity index (χ1n) is 13.1. The summed E-state index contributed by atoms with van der Waals surface area (Å²) >= 11 is 0. The van der Waals surface area contributed by atoms with Crippen molar-refractivity contribution in [3.05, 3.63) is 36.2 Å². The Bertz CT molecular complexity index is 1220. The van der Waals surface area contributed by atoms with Crippen LogP contribution in [0, 0.1) is 17.3 Å². The van der Waals surface area contributed by atoms with Crippen molar-refractivity contribution >= 4 is 16.7 Å². The van der Waals surface area contributed by atoms with Gasteiger partial charge in [-0.2, -0.15) is 0 Å². The molecule has 9 atom stereocenters. The molecule has 0 amide bonds. The zero-order valence-corrected chi connectivity index (χ0v) is 20.8. The van der Waals surface area contributed by atoms with Gasteiger partial charge in [0.2, 0.25) is 0 Å². The highest BCUT2D eigenvalue weighted by molar-refractivity contribution is 5.82. The summed E-state index contributed by atoms with van der Waals surface area (Å²) in [6.45, 7) is 2.35. The van der Waals surface area contributed by atoms with E-state index in [2.05, 4.69) is 30.1 Å². The van der Waals surface area contributed by atoms with Gasteiger partial charge >= 0.3 is 0 Å². The fourth-order valence-corrected chi connectivity index (χ4v) is 9.08. The number of oxazole rings is 1. The molecule has 2 aliphatic heterocycles. The predicted molar refractivity (Wildman–Crippen MR) is 130 cm³/mol. The van der Waals surface area contributed by atoms with Crippen molar-refractivity contribution in [2.45, 2.75) is 86.9 Å². The second-order valence-corrected chi connectivity index (χ2v) is 12.5. The van der Waals surface area contributed by atoms with Crippen molar-refractivity contribution in [2.75, 3.05) is 14.1 Å². The second-order valence-electron chi connectivity index (χ2n) is 12.5. The van der Waals surface area contributed by atoms with Crippen LogP contribution in [0.4, 0.5) is 0 Å². The Morgan fingerprint density at radius 1 is 1.06 bits per heavy atom. The average molecular weight is 481 g/mol. The van der Waals surface area contributed by atoms with Gasteiger partial charge < -0.3 is 29.4 Å². The van der Waals surface area contributed by atoms with E-state index in [1.54, 1.807) is 0 Å². The zero-order valence-electron chi connectivity index (χ0n) is 20.8. The second kappa shape index (κ2) is 6.95. The van der Waals surface area contributed by atoms with Crippen LogP contribution in [0.2, 0.25) is 0 Å². The van der Waals surface area contributed by atoms with E-state index in [4.69, 9.17) is 9.15 Å². The molecule has 3 unspecified atom stereocenters. The van der Waals surface area contributed by atoms with Crippen LogP contribution >= 0.6 is 0 Å². The van der Waals surface area contributed by atoms with Crippen LogP contribution in [0.1, 0.15) is 57.4 Å². The number of hydrogen-bond donors (Lipinski definition) is 3. The maximum absolute atomic E-state index is 12.2. The standard InChI is InChI=1S/C28H36N2O5/c1-25-8-10-27(33)13-18-23(31)24(32)20(30(2)3)14-26(18)9-11-28(27,35-26)22(25)7-5-17(25)16-4-6-21-19(12-16)29-15-34-21/h4-6,12,15,18,20,22-24,31-33H,7-11,13-14H2,1-3H3/t18?,20-,22?,23+,24+,25+,26+,27?,28-/m0/s1. The Kier molecular flexibility index (Phi) is 4.46. The van der Waals surface area contributed by atoms with Crippen LogP contribution in [0.5, 0.6) is 0 Å². The lowest BCUT2D eigenvalue weighted by Gasteiger charge is -2.65. The lowest BCUT2D eigenvalue weighted by atomic mass is 9.51. The number of aliphatic hydroxyl groups is 3. The molecule has 3 N–H and O–H groups in total. The van der Waals surface area contributed by atoms with Crippen LogP contribution in [-0.4, -0.2) is 74.4 Å². The number of benzene rings is 1. The first-order valence-corrected chi connectivity index (χ1v) is 13.1. The molecule has 2 spiro atoms. The third kappa shape index (κ3) is 2.66. The molecule has 2 saturated carbocycles. The number of rotatable bonds is 2. The Morgan fingerprint density at radius 3 is 2.69 bits per heavy atom. The summed E-state index contributed by atoms with van der Waals surface area (Å²) in [4.78, 5) is 6.37. The van der Waals surface area contributed by atoms with E-state index in [0.29, 0.717) is 19.3 Å². The van der Waals surface area contributed by atoms with Crippen LogP contribution in [0.15, 0.2) is 35.1 Å². The Morgan fingerprint density at radius 2 is 1.89 bits per heavy atom. The van der Waals surface area contributed by atoms with Crippen LogP contribution in [0.3, 0.4) is 0 Å². The lowest BCUT2D eigenvalue weighted by molar-refractivity contribution is -0.331. The van der Waals surface area contributed by atoms with Gasteiger partial charge in [-0.3, -0.25) is 0 Å². The van der Waals surface area contributed by atoms with E-state index in [-0.39, 0.29) is 23.3 Å². The molecule has 3 aliphatic carbocycles. The van der Waals surface area contributed by atoms with Crippen molar-refractivity contribution < 1.29 is 24.5 Å². The molecule has 2 bridgehead atoms. The molecule has 5 aliphatic rings. The van der Waals surface area contributed by atoms with E-state index in [1.807, 2.05) is 25.1 Å². The predicted octanol–water partition coefficient (Wildman–Crippen LogP) is 3.13. The van der Waals surface area contributed by atoms with E-state index in [9.17, 15) is 15.3 Å². The summed E-state index contributed by atoms with van der Waals surface area (Å²) in [6.07, 6.45) is 7.29. The number of allylic oxidation sites excluding steroid dienone is 2. The van der Waals surface area contributed by atoms with Gasteiger partial charge in [-0.15, -0.1) is 0 Å². The Balaban J connectivity index is 1.28. The quantitative estimate of drug-likeness (QED) is 0.607. The van der Waals surface area contributed by atoms with Gasteiger partial charge in [0, 0.05) is 17.9 Å². The molecule has 35 heavy (non-hydrogen) atoms. The maximum Gasteiger partial charge on any atom is 0.181 e. The van der Waals surface area contributed by atoms with Crippen molar-refractivity contribution in [1.82, 2.24) is 9.88 Å². The highest BCUT2D eigenvalue weighted by Gasteiger charge is 2.76. The SMILES string of the molecule is CN(C)[C@H]1C[C@@]23CC[C@]4(O2)C2CC=C(c5ccc6ocnc6c5)[C@@]2(C)CCC4(O)CC3[C@@H](O)[C@@H]1O. The fraction of sp³-hybridized carbons (Fsp3) is 0.679. The third-order valence-electron chi connectivity index (χ3n) is 10.9. The summed E-state index contributed by atoms with van der Waals surface area (Å²) in [5.41, 5.74) is 1.90. The first kappa shape index (κ1) is 22.4. The number of aromatic nitrogens is 1. The van der Waals surface area contributed by atoms with Gasteiger partial charge in [0.25, 0.3) is 0 Å². The van der Waals surface area contributed by atoms with Crippen LogP contribution in [0.25, 0.3) is 16.7 Å². The minimum absolute atomic E-state index is 0.115. The minimum Gasteiger partial charge on any atom is -0.443 e.